The molecule has 3 aromatic heterocycles. The van der Waals surface area contributed by atoms with Crippen molar-refractivity contribution in [1.29, 1.82) is 0 Å². The number of fused-ring (bicyclic) bond motifs is 2. The summed E-state index contributed by atoms with van der Waals surface area (Å²) in [5.74, 6) is -1.06. The van der Waals surface area contributed by atoms with Gasteiger partial charge in [-0.05, 0) is 121 Å². The molecule has 3 aliphatic heterocycles. The van der Waals surface area contributed by atoms with E-state index in [-0.39, 0.29) is 29.6 Å². The fourth-order valence-electron chi connectivity index (χ4n) is 8.63. The number of rotatable bonds is 17. The monoisotopic (exact) mass is 840 g/mol. The summed E-state index contributed by atoms with van der Waals surface area (Å²) >= 11 is 0. The molecule has 0 spiro atoms. The fourth-order valence-corrected chi connectivity index (χ4v) is 8.63. The third-order valence-electron chi connectivity index (χ3n) is 12.3. The Balaban J connectivity index is 0.789. The van der Waals surface area contributed by atoms with Gasteiger partial charge in [0, 0.05) is 66.4 Å². The lowest BCUT2D eigenvalue weighted by atomic mass is 9.89. The lowest BCUT2D eigenvalue weighted by molar-refractivity contribution is -0.136. The normalized spacial score (nSPS) is 17.7. The maximum absolute atomic E-state index is 13.6. The smallest absolute Gasteiger partial charge is 0.264 e. The van der Waals surface area contributed by atoms with Crippen LogP contribution in [0.15, 0.2) is 79.8 Å². The Labute approximate surface area is 361 Å². The Hall–Kier alpha value is -6.19. The van der Waals surface area contributed by atoms with Gasteiger partial charge in [-0.2, -0.15) is 10.1 Å². The number of carbonyl (C=O) groups is 4. The SMILES string of the molecule is C=CCCn1cc(-c2nc(Nc3ccc(C4CCN(CCC(C)(C)OCCC(C)(C)Nc5cccc6c5C(=O)N(C5CCC(=O)NC5=O)C6=O)CC4)cc3)nc3[nH]ccc23)cn1. The van der Waals surface area contributed by atoms with Gasteiger partial charge in [-0.15, -0.1) is 6.58 Å². The lowest BCUT2D eigenvalue weighted by Crippen LogP contribution is -2.54. The Morgan fingerprint density at radius 2 is 1.73 bits per heavy atom. The Morgan fingerprint density at radius 1 is 0.935 bits per heavy atom. The van der Waals surface area contributed by atoms with Crippen molar-refractivity contribution in [1.82, 2.24) is 39.8 Å². The standard InChI is InChI=1S/C47H56N10O5/c1-6-7-23-56-29-32(28-49-56)40-35-17-22-48-41(35)53-45(52-40)50-33-13-11-30(12-14-33)31-18-24-55(25-19-31)26-20-47(4,5)62-27-21-46(2,3)54-36-10-8-9-34-39(36)44(61)57(43(34)60)37-15-16-38(58)51-42(37)59/h6,8-14,17,22,28-29,31,37,54H,1,7,15-16,18-21,23-27H2,2-5H3,(H,51,58,59)(H2,48,50,52,53). The van der Waals surface area contributed by atoms with E-state index in [0.717, 1.165) is 84.7 Å². The first-order valence-corrected chi connectivity index (χ1v) is 21.6. The molecule has 2 fully saturated rings. The molecule has 62 heavy (non-hydrogen) atoms. The third kappa shape index (κ3) is 9.33. The summed E-state index contributed by atoms with van der Waals surface area (Å²) in [5.41, 5.74) is 5.02. The quantitative estimate of drug-likeness (QED) is 0.0550. The second-order valence-electron chi connectivity index (χ2n) is 17.9. The van der Waals surface area contributed by atoms with Crippen LogP contribution in [0.4, 0.5) is 17.3 Å². The van der Waals surface area contributed by atoms with Gasteiger partial charge < -0.3 is 25.3 Å². The highest BCUT2D eigenvalue weighted by atomic mass is 16.5. The largest absolute Gasteiger partial charge is 0.379 e. The van der Waals surface area contributed by atoms with Crippen LogP contribution in [0.5, 0.6) is 0 Å². The second-order valence-corrected chi connectivity index (χ2v) is 17.9. The number of hydrogen-bond acceptors (Lipinski definition) is 11. The van der Waals surface area contributed by atoms with E-state index >= 15 is 0 Å². The van der Waals surface area contributed by atoms with Crippen LogP contribution < -0.4 is 16.0 Å². The number of hydrogen-bond donors (Lipinski definition) is 4. The molecule has 4 N–H and O–H groups in total. The van der Waals surface area contributed by atoms with Crippen molar-refractivity contribution in [2.45, 2.75) is 102 Å². The number of ether oxygens (including phenoxy) is 1. The molecule has 0 bridgehead atoms. The predicted molar refractivity (Wildman–Crippen MR) is 238 cm³/mol. The molecule has 15 nitrogen and oxygen atoms in total. The van der Waals surface area contributed by atoms with Gasteiger partial charge in [-0.25, -0.2) is 4.98 Å². The van der Waals surface area contributed by atoms with E-state index in [1.54, 1.807) is 18.2 Å². The highest BCUT2D eigenvalue weighted by Crippen LogP contribution is 2.35. The van der Waals surface area contributed by atoms with Crippen LogP contribution >= 0.6 is 0 Å². The van der Waals surface area contributed by atoms with Gasteiger partial charge in [0.25, 0.3) is 11.8 Å². The van der Waals surface area contributed by atoms with E-state index < -0.39 is 35.2 Å². The number of H-pyrrole nitrogens is 1. The van der Waals surface area contributed by atoms with Crippen LogP contribution in [0.2, 0.25) is 0 Å². The van der Waals surface area contributed by atoms with Crippen LogP contribution in [-0.2, 0) is 20.9 Å². The number of aromatic nitrogens is 5. The van der Waals surface area contributed by atoms with E-state index in [0.29, 0.717) is 30.6 Å². The van der Waals surface area contributed by atoms with E-state index in [1.807, 2.05) is 49.3 Å². The summed E-state index contributed by atoms with van der Waals surface area (Å²) in [6.07, 6.45) is 12.4. The van der Waals surface area contributed by atoms with Crippen molar-refractivity contribution in [2.24, 2.45) is 0 Å². The molecule has 0 aliphatic carbocycles. The Morgan fingerprint density at radius 3 is 2.48 bits per heavy atom. The number of carbonyl (C=O) groups excluding carboxylic acids is 4. The van der Waals surface area contributed by atoms with Gasteiger partial charge in [0.1, 0.15) is 11.7 Å². The molecular weight excluding hydrogens is 785 g/mol. The molecule has 6 heterocycles. The highest BCUT2D eigenvalue weighted by molar-refractivity contribution is 6.25. The molecule has 324 valence electrons. The topological polar surface area (TPSA) is 179 Å². The number of aryl methyl sites for hydroxylation is 1. The maximum atomic E-state index is 13.6. The minimum atomic E-state index is -1.01. The van der Waals surface area contributed by atoms with Crippen LogP contribution in [0.3, 0.4) is 0 Å². The highest BCUT2D eigenvalue weighted by Gasteiger charge is 2.46. The molecule has 2 aromatic carbocycles. The Kier molecular flexibility index (Phi) is 12.1. The van der Waals surface area contributed by atoms with Gasteiger partial charge in [0.2, 0.25) is 17.8 Å². The van der Waals surface area contributed by atoms with Crippen LogP contribution in [-0.4, -0.2) is 102 Å². The zero-order valence-electron chi connectivity index (χ0n) is 36.0. The zero-order chi connectivity index (χ0) is 43.6. The first-order chi connectivity index (χ1) is 29.8. The summed E-state index contributed by atoms with van der Waals surface area (Å²) in [6.45, 7) is 16.4. The van der Waals surface area contributed by atoms with E-state index in [9.17, 15) is 19.2 Å². The van der Waals surface area contributed by atoms with Crippen molar-refractivity contribution in [3.05, 3.63) is 96.5 Å². The number of likely N-dealkylation sites (tertiary alicyclic amines) is 1. The van der Waals surface area contributed by atoms with Crippen molar-refractivity contribution in [3.8, 4) is 11.3 Å². The average molecular weight is 841 g/mol. The van der Waals surface area contributed by atoms with E-state index in [2.05, 4.69) is 75.6 Å². The number of imide groups is 2. The van der Waals surface area contributed by atoms with Crippen molar-refractivity contribution in [2.75, 3.05) is 36.9 Å². The molecule has 0 saturated carbocycles. The molecule has 4 amide bonds. The summed E-state index contributed by atoms with van der Waals surface area (Å²) in [6, 6.07) is 14.7. The molecule has 1 unspecified atom stereocenters. The van der Waals surface area contributed by atoms with Crippen molar-refractivity contribution >= 4 is 52.0 Å². The van der Waals surface area contributed by atoms with Crippen LogP contribution in [0, 0.1) is 0 Å². The van der Waals surface area contributed by atoms with Gasteiger partial charge in [-0.1, -0.05) is 24.3 Å². The van der Waals surface area contributed by atoms with Crippen LogP contribution in [0.25, 0.3) is 22.3 Å². The van der Waals surface area contributed by atoms with Crippen LogP contribution in [0.1, 0.15) is 105 Å². The maximum Gasteiger partial charge on any atom is 0.264 e. The van der Waals surface area contributed by atoms with Gasteiger partial charge in [0.15, 0.2) is 0 Å². The van der Waals surface area contributed by atoms with E-state index in [4.69, 9.17) is 14.7 Å². The predicted octanol–water partition coefficient (Wildman–Crippen LogP) is 7.19. The number of aromatic amines is 1. The number of benzene rings is 2. The minimum absolute atomic E-state index is 0.0740. The fraction of sp³-hybridized carbons (Fsp3) is 0.426. The average Bonchev–Trinajstić information content (AvgIpc) is 3.98. The number of piperidine rings is 2. The van der Waals surface area contributed by atoms with Crippen molar-refractivity contribution < 1.29 is 23.9 Å². The first-order valence-electron chi connectivity index (χ1n) is 21.6. The number of anilines is 3. The summed E-state index contributed by atoms with van der Waals surface area (Å²) in [4.78, 5) is 67.5. The number of amides is 4. The third-order valence-corrected chi connectivity index (χ3v) is 12.3. The van der Waals surface area contributed by atoms with Crippen molar-refractivity contribution in [3.63, 3.8) is 0 Å². The lowest BCUT2D eigenvalue weighted by Gasteiger charge is -2.35. The number of allylic oxidation sites excluding steroid dienone is 1. The minimum Gasteiger partial charge on any atom is -0.379 e. The van der Waals surface area contributed by atoms with Gasteiger partial charge >= 0.3 is 0 Å². The van der Waals surface area contributed by atoms with Gasteiger partial charge in [-0.3, -0.25) is 34.1 Å². The number of nitrogens with one attached hydrogen (secondary N) is 4. The molecule has 15 heteroatoms. The number of nitrogens with zero attached hydrogens (tertiary/aromatic N) is 6. The zero-order valence-corrected chi connectivity index (χ0v) is 36.0. The first kappa shape index (κ1) is 42.5. The molecule has 1 atom stereocenters. The second kappa shape index (κ2) is 17.7. The summed E-state index contributed by atoms with van der Waals surface area (Å²) in [7, 11) is 0. The molecule has 2 saturated heterocycles. The summed E-state index contributed by atoms with van der Waals surface area (Å²) in [5, 5.41) is 14.6. The molecule has 0 radical (unpaired) electrons. The molecule has 5 aromatic rings. The van der Waals surface area contributed by atoms with Gasteiger partial charge in [0.05, 0.1) is 28.6 Å². The Bertz CT molecular complexity index is 2480. The van der Waals surface area contributed by atoms with E-state index in [1.165, 1.54) is 5.56 Å². The molecule has 8 rings (SSSR count). The molecule has 3 aliphatic rings. The summed E-state index contributed by atoms with van der Waals surface area (Å²) < 4.78 is 8.36. The molecular formula is C47H56N10O5.